The van der Waals surface area contributed by atoms with Crippen molar-refractivity contribution < 1.29 is 14.6 Å². The zero-order chi connectivity index (χ0) is 10.8. The second-order valence-corrected chi connectivity index (χ2v) is 5.18. The van der Waals surface area contributed by atoms with Gasteiger partial charge in [0.2, 0.25) is 0 Å². The fourth-order valence-electron chi connectivity index (χ4n) is 1.79. The Morgan fingerprint density at radius 2 is 2.00 bits per heavy atom. The van der Waals surface area contributed by atoms with E-state index in [0.29, 0.717) is 5.92 Å². The quantitative estimate of drug-likeness (QED) is 0.743. The Kier molecular flexibility index (Phi) is 3.93. The minimum absolute atomic E-state index is 0.0499. The summed E-state index contributed by atoms with van der Waals surface area (Å²) in [6.07, 6.45) is 1.65. The van der Waals surface area contributed by atoms with E-state index in [-0.39, 0.29) is 24.6 Å². The molecule has 14 heavy (non-hydrogen) atoms. The maximum Gasteiger partial charge on any atom is 0.159 e. The molecule has 1 aliphatic rings. The zero-order valence-corrected chi connectivity index (χ0v) is 9.62. The maximum atomic E-state index is 9.04. The van der Waals surface area contributed by atoms with E-state index < -0.39 is 0 Å². The molecule has 0 aromatic rings. The number of ether oxygens (including phenoxy) is 2. The van der Waals surface area contributed by atoms with Gasteiger partial charge in [0, 0.05) is 6.42 Å². The van der Waals surface area contributed by atoms with Crippen molar-refractivity contribution >= 4 is 0 Å². The SMILES string of the molecule is CC1CC(CO)OC(OC(C)(C)C)C1. The summed E-state index contributed by atoms with van der Waals surface area (Å²) in [5, 5.41) is 9.04. The highest BCUT2D eigenvalue weighted by Crippen LogP contribution is 2.27. The Morgan fingerprint density at radius 1 is 1.36 bits per heavy atom. The van der Waals surface area contributed by atoms with Crippen LogP contribution in [0.2, 0.25) is 0 Å². The van der Waals surface area contributed by atoms with Gasteiger partial charge in [0.15, 0.2) is 6.29 Å². The highest BCUT2D eigenvalue weighted by atomic mass is 16.7. The summed E-state index contributed by atoms with van der Waals surface area (Å²) in [5.41, 5.74) is -0.179. The van der Waals surface area contributed by atoms with Crippen LogP contribution < -0.4 is 0 Å². The molecule has 0 aromatic heterocycles. The van der Waals surface area contributed by atoms with E-state index in [4.69, 9.17) is 14.6 Å². The van der Waals surface area contributed by atoms with Crippen LogP contribution in [0.25, 0.3) is 0 Å². The molecule has 1 fully saturated rings. The minimum Gasteiger partial charge on any atom is -0.394 e. The van der Waals surface area contributed by atoms with Crippen LogP contribution in [0.4, 0.5) is 0 Å². The molecular weight excluding hydrogens is 180 g/mol. The molecule has 1 heterocycles. The molecule has 3 heteroatoms. The highest BCUT2D eigenvalue weighted by molar-refractivity contribution is 4.72. The molecule has 1 N–H and O–H groups in total. The zero-order valence-electron chi connectivity index (χ0n) is 9.62. The summed E-state index contributed by atoms with van der Waals surface area (Å²) in [4.78, 5) is 0. The molecule has 0 bridgehead atoms. The van der Waals surface area contributed by atoms with Crippen molar-refractivity contribution in [1.82, 2.24) is 0 Å². The summed E-state index contributed by atoms with van der Waals surface area (Å²) in [5.74, 6) is 0.563. The van der Waals surface area contributed by atoms with Gasteiger partial charge >= 0.3 is 0 Å². The molecule has 1 rings (SSSR count). The first-order valence-corrected chi connectivity index (χ1v) is 5.35. The number of hydrogen-bond donors (Lipinski definition) is 1. The molecule has 0 spiro atoms. The third-order valence-corrected chi connectivity index (χ3v) is 2.29. The Labute approximate surface area is 86.4 Å². The molecular formula is C11H22O3. The van der Waals surface area contributed by atoms with Crippen LogP contribution in [-0.4, -0.2) is 29.7 Å². The predicted molar refractivity (Wildman–Crippen MR) is 55.0 cm³/mol. The molecule has 3 atom stereocenters. The van der Waals surface area contributed by atoms with Gasteiger partial charge in [-0.1, -0.05) is 6.92 Å². The Morgan fingerprint density at radius 3 is 2.50 bits per heavy atom. The Balaban J connectivity index is 2.45. The predicted octanol–water partition coefficient (Wildman–Crippen LogP) is 1.93. The van der Waals surface area contributed by atoms with Crippen molar-refractivity contribution in [2.45, 2.75) is 58.5 Å². The molecule has 0 saturated carbocycles. The van der Waals surface area contributed by atoms with Crippen molar-refractivity contribution in [2.24, 2.45) is 5.92 Å². The molecule has 84 valence electrons. The van der Waals surface area contributed by atoms with Gasteiger partial charge < -0.3 is 14.6 Å². The number of hydrogen-bond acceptors (Lipinski definition) is 3. The second kappa shape index (κ2) is 4.60. The summed E-state index contributed by atoms with van der Waals surface area (Å²) in [7, 11) is 0. The molecule has 1 saturated heterocycles. The summed E-state index contributed by atoms with van der Waals surface area (Å²) < 4.78 is 11.4. The topological polar surface area (TPSA) is 38.7 Å². The monoisotopic (exact) mass is 202 g/mol. The van der Waals surface area contributed by atoms with E-state index in [1.54, 1.807) is 0 Å². The first-order chi connectivity index (χ1) is 6.40. The van der Waals surface area contributed by atoms with Crippen molar-refractivity contribution in [2.75, 3.05) is 6.61 Å². The normalized spacial score (nSPS) is 34.5. The van der Waals surface area contributed by atoms with Crippen LogP contribution in [0.15, 0.2) is 0 Å². The lowest BCUT2D eigenvalue weighted by Crippen LogP contribution is -2.39. The molecule has 3 unspecified atom stereocenters. The number of rotatable bonds is 2. The molecule has 3 nitrogen and oxygen atoms in total. The van der Waals surface area contributed by atoms with Gasteiger partial charge in [-0.3, -0.25) is 0 Å². The van der Waals surface area contributed by atoms with Gasteiger partial charge in [0.05, 0.1) is 18.3 Å². The third-order valence-electron chi connectivity index (χ3n) is 2.29. The van der Waals surface area contributed by atoms with E-state index in [2.05, 4.69) is 6.92 Å². The van der Waals surface area contributed by atoms with Gasteiger partial charge in [0.1, 0.15) is 0 Å². The average Bonchev–Trinajstić information content (AvgIpc) is 1.99. The Hall–Kier alpha value is -0.120. The van der Waals surface area contributed by atoms with Crippen LogP contribution in [0.3, 0.4) is 0 Å². The van der Waals surface area contributed by atoms with Crippen LogP contribution >= 0.6 is 0 Å². The molecule has 1 aliphatic heterocycles. The lowest BCUT2D eigenvalue weighted by atomic mass is 9.97. The molecule has 0 aromatic carbocycles. The van der Waals surface area contributed by atoms with Crippen molar-refractivity contribution in [3.8, 4) is 0 Å². The number of aliphatic hydroxyl groups excluding tert-OH is 1. The van der Waals surface area contributed by atoms with Crippen molar-refractivity contribution in [3.63, 3.8) is 0 Å². The van der Waals surface area contributed by atoms with Gasteiger partial charge in [-0.15, -0.1) is 0 Å². The van der Waals surface area contributed by atoms with Crippen molar-refractivity contribution in [1.29, 1.82) is 0 Å². The fraction of sp³-hybridized carbons (Fsp3) is 1.00. The second-order valence-electron chi connectivity index (χ2n) is 5.18. The van der Waals surface area contributed by atoms with Crippen LogP contribution in [0, 0.1) is 5.92 Å². The van der Waals surface area contributed by atoms with E-state index in [1.807, 2.05) is 20.8 Å². The van der Waals surface area contributed by atoms with Crippen LogP contribution in [0.1, 0.15) is 40.5 Å². The standard InChI is InChI=1S/C11H22O3/c1-8-5-9(7-12)13-10(6-8)14-11(2,3)4/h8-10,12H,5-7H2,1-4H3. The van der Waals surface area contributed by atoms with Gasteiger partial charge in [-0.2, -0.15) is 0 Å². The largest absolute Gasteiger partial charge is 0.394 e. The third kappa shape index (κ3) is 3.95. The van der Waals surface area contributed by atoms with E-state index in [1.165, 1.54) is 0 Å². The first-order valence-electron chi connectivity index (χ1n) is 5.35. The van der Waals surface area contributed by atoms with Crippen LogP contribution in [0.5, 0.6) is 0 Å². The molecule has 0 amide bonds. The lowest BCUT2D eigenvalue weighted by molar-refractivity contribution is -0.246. The first kappa shape index (κ1) is 12.0. The van der Waals surface area contributed by atoms with E-state index >= 15 is 0 Å². The van der Waals surface area contributed by atoms with Gasteiger partial charge in [0.25, 0.3) is 0 Å². The van der Waals surface area contributed by atoms with Crippen LogP contribution in [-0.2, 0) is 9.47 Å². The Bertz CT molecular complexity index is 174. The summed E-state index contributed by atoms with van der Waals surface area (Å²) >= 11 is 0. The number of aliphatic hydroxyl groups is 1. The smallest absolute Gasteiger partial charge is 0.159 e. The van der Waals surface area contributed by atoms with E-state index in [0.717, 1.165) is 12.8 Å². The molecule has 0 aliphatic carbocycles. The summed E-state index contributed by atoms with van der Waals surface area (Å²) in [6, 6.07) is 0. The van der Waals surface area contributed by atoms with Crippen molar-refractivity contribution in [3.05, 3.63) is 0 Å². The summed E-state index contributed by atoms with van der Waals surface area (Å²) in [6.45, 7) is 8.31. The lowest BCUT2D eigenvalue weighted by Gasteiger charge is -2.36. The highest BCUT2D eigenvalue weighted by Gasteiger charge is 2.29. The molecule has 0 radical (unpaired) electrons. The maximum absolute atomic E-state index is 9.04. The van der Waals surface area contributed by atoms with E-state index in [9.17, 15) is 0 Å². The van der Waals surface area contributed by atoms with Gasteiger partial charge in [-0.25, -0.2) is 0 Å². The van der Waals surface area contributed by atoms with Gasteiger partial charge in [-0.05, 0) is 33.1 Å². The average molecular weight is 202 g/mol. The fourth-order valence-corrected chi connectivity index (χ4v) is 1.79. The minimum atomic E-state index is -0.179.